The van der Waals surface area contributed by atoms with Gasteiger partial charge in [0.25, 0.3) is 0 Å². The maximum absolute atomic E-state index is 12.6. The maximum atomic E-state index is 12.6. The lowest BCUT2D eigenvalue weighted by Crippen LogP contribution is -2.45. The van der Waals surface area contributed by atoms with E-state index in [9.17, 15) is 4.79 Å². The molecule has 1 amide bonds. The van der Waals surface area contributed by atoms with E-state index in [0.717, 1.165) is 62.6 Å². The van der Waals surface area contributed by atoms with Gasteiger partial charge in [-0.25, -0.2) is 0 Å². The summed E-state index contributed by atoms with van der Waals surface area (Å²) in [6.45, 7) is 2.75. The van der Waals surface area contributed by atoms with Crippen molar-refractivity contribution in [1.29, 1.82) is 0 Å². The summed E-state index contributed by atoms with van der Waals surface area (Å²) in [7, 11) is 1.85. The molecule has 4 atom stereocenters. The normalized spacial score (nSPS) is 33.4. The number of hydrogen-bond donors (Lipinski definition) is 2. The van der Waals surface area contributed by atoms with Gasteiger partial charge in [-0.2, -0.15) is 0 Å². The number of halogens is 1. The Morgan fingerprint density at radius 3 is 2.59 bits per heavy atom. The molecule has 3 aliphatic carbocycles. The standard InChI is InChI=1S/C21H36N4O.HI/c1-22-21(23-10-8-18-13-15-6-7-17(18)12-15)24-19-9-11-25(14-19)20(26)16-4-2-3-5-16;/h15-19H,2-14H2,1H3,(H2,22,23,24);1H. The maximum Gasteiger partial charge on any atom is 0.225 e. The van der Waals surface area contributed by atoms with Gasteiger partial charge >= 0.3 is 0 Å². The predicted octanol–water partition coefficient (Wildman–Crippen LogP) is 3.39. The molecule has 0 spiro atoms. The largest absolute Gasteiger partial charge is 0.356 e. The number of fused-ring (bicyclic) bond motifs is 2. The van der Waals surface area contributed by atoms with Crippen LogP contribution in [0.25, 0.3) is 0 Å². The average Bonchev–Trinajstić information content (AvgIpc) is 3.45. The molecule has 0 aromatic carbocycles. The Balaban J connectivity index is 0.00000210. The second-order valence-corrected chi connectivity index (χ2v) is 9.12. The third-order valence-electron chi connectivity index (χ3n) is 7.46. The molecule has 1 aliphatic heterocycles. The lowest BCUT2D eigenvalue weighted by molar-refractivity contribution is -0.134. The van der Waals surface area contributed by atoms with Crippen molar-refractivity contribution in [2.75, 3.05) is 26.7 Å². The highest BCUT2D eigenvalue weighted by molar-refractivity contribution is 14.0. The van der Waals surface area contributed by atoms with Gasteiger partial charge < -0.3 is 15.5 Å². The zero-order chi connectivity index (χ0) is 17.9. The van der Waals surface area contributed by atoms with Gasteiger partial charge in [0.2, 0.25) is 5.91 Å². The summed E-state index contributed by atoms with van der Waals surface area (Å²) in [5.74, 6) is 4.57. The minimum absolute atomic E-state index is 0. The number of carbonyl (C=O) groups excluding carboxylic acids is 1. The molecular weight excluding hydrogens is 451 g/mol. The Morgan fingerprint density at radius 2 is 1.93 bits per heavy atom. The lowest BCUT2D eigenvalue weighted by Gasteiger charge is -2.23. The molecular formula is C21H37IN4O. The van der Waals surface area contributed by atoms with Crippen molar-refractivity contribution in [1.82, 2.24) is 15.5 Å². The van der Waals surface area contributed by atoms with E-state index in [-0.39, 0.29) is 24.0 Å². The van der Waals surface area contributed by atoms with Crippen LogP contribution in [-0.4, -0.2) is 49.5 Å². The third kappa shape index (κ3) is 5.10. The van der Waals surface area contributed by atoms with E-state index in [1.807, 2.05) is 7.05 Å². The molecule has 0 radical (unpaired) electrons. The van der Waals surface area contributed by atoms with Crippen LogP contribution in [0.4, 0.5) is 0 Å². The molecule has 2 bridgehead atoms. The van der Waals surface area contributed by atoms with E-state index < -0.39 is 0 Å². The minimum Gasteiger partial charge on any atom is -0.356 e. The molecule has 6 heteroatoms. The highest BCUT2D eigenvalue weighted by Crippen LogP contribution is 2.49. The molecule has 0 aromatic rings. The van der Waals surface area contributed by atoms with Crippen LogP contribution in [0.5, 0.6) is 0 Å². The lowest BCUT2D eigenvalue weighted by atomic mass is 9.86. The number of amides is 1. The van der Waals surface area contributed by atoms with Crippen molar-refractivity contribution in [3.63, 3.8) is 0 Å². The van der Waals surface area contributed by atoms with Crippen LogP contribution in [-0.2, 0) is 4.79 Å². The van der Waals surface area contributed by atoms with Gasteiger partial charge in [0, 0.05) is 38.6 Å². The molecule has 5 nitrogen and oxygen atoms in total. The van der Waals surface area contributed by atoms with E-state index in [4.69, 9.17) is 0 Å². The summed E-state index contributed by atoms with van der Waals surface area (Å²) < 4.78 is 0. The number of nitrogens with zero attached hydrogens (tertiary/aromatic N) is 2. The molecule has 1 heterocycles. The van der Waals surface area contributed by atoms with Gasteiger partial charge in [-0.1, -0.05) is 19.3 Å². The monoisotopic (exact) mass is 488 g/mol. The van der Waals surface area contributed by atoms with Crippen molar-refractivity contribution >= 4 is 35.8 Å². The van der Waals surface area contributed by atoms with Crippen LogP contribution < -0.4 is 10.6 Å². The highest BCUT2D eigenvalue weighted by Gasteiger charge is 2.39. The third-order valence-corrected chi connectivity index (χ3v) is 7.46. The summed E-state index contributed by atoms with van der Waals surface area (Å²) in [4.78, 5) is 19.1. The van der Waals surface area contributed by atoms with Gasteiger partial charge in [0.15, 0.2) is 5.96 Å². The number of nitrogens with one attached hydrogen (secondary N) is 2. The van der Waals surface area contributed by atoms with Crippen molar-refractivity contribution in [2.24, 2.45) is 28.7 Å². The number of rotatable bonds is 5. The zero-order valence-electron chi connectivity index (χ0n) is 16.8. The SMILES string of the molecule is CN=C(NCCC1CC2CCC1C2)NC1CCN(C(=O)C2CCCC2)C1.I. The summed E-state index contributed by atoms with van der Waals surface area (Å²) in [5.41, 5.74) is 0. The minimum atomic E-state index is 0. The Bertz CT molecular complexity index is 534. The first kappa shape index (κ1) is 21.2. The molecule has 27 heavy (non-hydrogen) atoms. The van der Waals surface area contributed by atoms with E-state index >= 15 is 0 Å². The van der Waals surface area contributed by atoms with E-state index in [1.165, 1.54) is 44.9 Å². The van der Waals surface area contributed by atoms with Gasteiger partial charge in [0.05, 0.1) is 0 Å². The Hall–Kier alpha value is -0.530. The molecule has 4 fully saturated rings. The average molecular weight is 488 g/mol. The Morgan fingerprint density at radius 1 is 1.11 bits per heavy atom. The Labute approximate surface area is 181 Å². The van der Waals surface area contributed by atoms with Crippen molar-refractivity contribution in [2.45, 2.75) is 70.3 Å². The summed E-state index contributed by atoms with van der Waals surface area (Å²) in [6.07, 6.45) is 12.9. The van der Waals surface area contributed by atoms with Crippen LogP contribution in [0.3, 0.4) is 0 Å². The predicted molar refractivity (Wildman–Crippen MR) is 120 cm³/mol. The second kappa shape index (κ2) is 9.79. The molecule has 1 saturated heterocycles. The number of carbonyl (C=O) groups is 1. The van der Waals surface area contributed by atoms with E-state index in [2.05, 4.69) is 20.5 Å². The topological polar surface area (TPSA) is 56.7 Å². The fourth-order valence-corrected chi connectivity index (χ4v) is 6.00. The van der Waals surface area contributed by atoms with Gasteiger partial charge in [-0.05, 0) is 62.7 Å². The molecule has 4 unspecified atom stereocenters. The first-order chi connectivity index (χ1) is 12.7. The van der Waals surface area contributed by atoms with Gasteiger partial charge in [-0.3, -0.25) is 9.79 Å². The van der Waals surface area contributed by atoms with Crippen molar-refractivity contribution < 1.29 is 4.79 Å². The molecule has 4 rings (SSSR count). The van der Waals surface area contributed by atoms with Crippen LogP contribution >= 0.6 is 24.0 Å². The first-order valence-electron chi connectivity index (χ1n) is 11.0. The van der Waals surface area contributed by atoms with Gasteiger partial charge in [-0.15, -0.1) is 24.0 Å². The van der Waals surface area contributed by atoms with Crippen LogP contribution in [0.15, 0.2) is 4.99 Å². The zero-order valence-corrected chi connectivity index (χ0v) is 19.1. The first-order valence-corrected chi connectivity index (χ1v) is 11.0. The van der Waals surface area contributed by atoms with Crippen LogP contribution in [0.1, 0.15) is 64.2 Å². The number of hydrogen-bond acceptors (Lipinski definition) is 2. The molecule has 4 aliphatic rings. The van der Waals surface area contributed by atoms with E-state index in [0.29, 0.717) is 17.9 Å². The molecule has 3 saturated carbocycles. The van der Waals surface area contributed by atoms with Crippen molar-refractivity contribution in [3.8, 4) is 0 Å². The quantitative estimate of drug-likeness (QED) is 0.355. The second-order valence-electron chi connectivity index (χ2n) is 9.12. The van der Waals surface area contributed by atoms with Crippen LogP contribution in [0.2, 0.25) is 0 Å². The number of aliphatic imine (C=N–C) groups is 1. The fourth-order valence-electron chi connectivity index (χ4n) is 6.00. The fraction of sp³-hybridized carbons (Fsp3) is 0.905. The van der Waals surface area contributed by atoms with Crippen LogP contribution in [0, 0.1) is 23.7 Å². The smallest absolute Gasteiger partial charge is 0.225 e. The summed E-state index contributed by atoms with van der Waals surface area (Å²) in [6, 6.07) is 0.342. The molecule has 154 valence electrons. The summed E-state index contributed by atoms with van der Waals surface area (Å²) >= 11 is 0. The molecule has 2 N–H and O–H groups in total. The van der Waals surface area contributed by atoms with Crippen molar-refractivity contribution in [3.05, 3.63) is 0 Å². The van der Waals surface area contributed by atoms with Gasteiger partial charge in [0.1, 0.15) is 0 Å². The Kier molecular flexibility index (Phi) is 7.68. The number of guanidine groups is 1. The highest BCUT2D eigenvalue weighted by atomic mass is 127. The number of likely N-dealkylation sites (tertiary alicyclic amines) is 1. The molecule has 0 aromatic heterocycles. The summed E-state index contributed by atoms with van der Waals surface area (Å²) in [5, 5.41) is 7.06. The van der Waals surface area contributed by atoms with E-state index in [1.54, 1.807) is 0 Å².